The zero-order valence-corrected chi connectivity index (χ0v) is 12.9. The Morgan fingerprint density at radius 2 is 2.14 bits per heavy atom. The van der Waals surface area contributed by atoms with E-state index in [9.17, 15) is 4.79 Å². The second-order valence-corrected chi connectivity index (χ2v) is 5.24. The number of nitrogens with zero attached hydrogens (tertiary/aromatic N) is 1. The molecule has 2 N–H and O–H groups in total. The molecule has 1 heterocycles. The standard InChI is InChI=1S/C16H19ClN2O2/c1-3-8-19-9-4-5-12(16(19)20)15(18)11-6-7-14(21-2)13(17)10-11/h4-7,9-10,15H,3,8,18H2,1-2H3. The van der Waals surface area contributed by atoms with Gasteiger partial charge in [-0.15, -0.1) is 0 Å². The Kier molecular flexibility index (Phi) is 5.04. The van der Waals surface area contributed by atoms with Crippen LogP contribution in [0.4, 0.5) is 0 Å². The van der Waals surface area contributed by atoms with E-state index in [0.29, 0.717) is 22.9 Å². The van der Waals surface area contributed by atoms with Gasteiger partial charge in [0.25, 0.3) is 5.56 Å². The van der Waals surface area contributed by atoms with Crippen LogP contribution in [0, 0.1) is 0 Å². The van der Waals surface area contributed by atoms with Crippen molar-refractivity contribution in [1.29, 1.82) is 0 Å². The summed E-state index contributed by atoms with van der Waals surface area (Å²) in [5.74, 6) is 0.587. The van der Waals surface area contributed by atoms with Gasteiger partial charge in [0.1, 0.15) is 5.75 Å². The molecule has 0 aliphatic rings. The molecule has 0 aliphatic carbocycles. The Labute approximate surface area is 129 Å². The topological polar surface area (TPSA) is 57.2 Å². The van der Waals surface area contributed by atoms with Gasteiger partial charge in [-0.3, -0.25) is 4.79 Å². The first-order valence-corrected chi connectivity index (χ1v) is 7.24. The largest absolute Gasteiger partial charge is 0.495 e. The van der Waals surface area contributed by atoms with Gasteiger partial charge in [-0.05, 0) is 30.2 Å². The first-order valence-electron chi connectivity index (χ1n) is 6.86. The Morgan fingerprint density at radius 3 is 2.76 bits per heavy atom. The molecule has 21 heavy (non-hydrogen) atoms. The lowest BCUT2D eigenvalue weighted by Gasteiger charge is -2.15. The highest BCUT2D eigenvalue weighted by molar-refractivity contribution is 6.32. The van der Waals surface area contributed by atoms with Crippen LogP contribution in [0.1, 0.15) is 30.5 Å². The van der Waals surface area contributed by atoms with Crippen molar-refractivity contribution in [2.45, 2.75) is 25.9 Å². The molecule has 0 bridgehead atoms. The maximum atomic E-state index is 12.4. The zero-order chi connectivity index (χ0) is 15.4. The van der Waals surface area contributed by atoms with E-state index in [-0.39, 0.29) is 5.56 Å². The molecule has 0 saturated carbocycles. The second kappa shape index (κ2) is 6.78. The lowest BCUT2D eigenvalue weighted by Crippen LogP contribution is -2.28. The van der Waals surface area contributed by atoms with E-state index in [2.05, 4.69) is 0 Å². The molecule has 0 amide bonds. The molecule has 0 saturated heterocycles. The molecule has 112 valence electrons. The van der Waals surface area contributed by atoms with Crippen molar-refractivity contribution in [3.8, 4) is 5.75 Å². The third-order valence-corrected chi connectivity index (χ3v) is 3.68. The van der Waals surface area contributed by atoms with Crippen LogP contribution in [0.2, 0.25) is 5.02 Å². The minimum Gasteiger partial charge on any atom is -0.495 e. The number of halogens is 1. The van der Waals surface area contributed by atoms with Gasteiger partial charge < -0.3 is 15.0 Å². The lowest BCUT2D eigenvalue weighted by atomic mass is 10.0. The molecule has 5 heteroatoms. The van der Waals surface area contributed by atoms with E-state index >= 15 is 0 Å². The van der Waals surface area contributed by atoms with E-state index in [0.717, 1.165) is 12.0 Å². The molecular formula is C16H19ClN2O2. The SMILES string of the molecule is CCCn1cccc(C(N)c2ccc(OC)c(Cl)c2)c1=O. The monoisotopic (exact) mass is 306 g/mol. The second-order valence-electron chi connectivity index (χ2n) is 4.83. The molecule has 1 unspecified atom stereocenters. The third kappa shape index (κ3) is 3.28. The molecule has 2 aromatic rings. The predicted molar refractivity (Wildman–Crippen MR) is 85.0 cm³/mol. The van der Waals surface area contributed by atoms with Crippen LogP contribution in [0.3, 0.4) is 0 Å². The van der Waals surface area contributed by atoms with Crippen molar-refractivity contribution >= 4 is 11.6 Å². The normalized spacial score (nSPS) is 12.2. The molecule has 0 spiro atoms. The van der Waals surface area contributed by atoms with Gasteiger partial charge in [0.2, 0.25) is 0 Å². The highest BCUT2D eigenvalue weighted by Gasteiger charge is 2.15. The molecule has 0 fully saturated rings. The van der Waals surface area contributed by atoms with Gasteiger partial charge in [0.05, 0.1) is 18.2 Å². The van der Waals surface area contributed by atoms with Crippen molar-refractivity contribution in [3.05, 3.63) is 63.0 Å². The summed E-state index contributed by atoms with van der Waals surface area (Å²) in [5, 5.41) is 0.482. The molecule has 0 aliphatic heterocycles. The Morgan fingerprint density at radius 1 is 1.38 bits per heavy atom. The van der Waals surface area contributed by atoms with E-state index < -0.39 is 6.04 Å². The van der Waals surface area contributed by atoms with Crippen molar-refractivity contribution in [3.63, 3.8) is 0 Å². The zero-order valence-electron chi connectivity index (χ0n) is 12.2. The van der Waals surface area contributed by atoms with Gasteiger partial charge in [-0.2, -0.15) is 0 Å². The van der Waals surface area contributed by atoms with Crippen LogP contribution < -0.4 is 16.0 Å². The fourth-order valence-electron chi connectivity index (χ4n) is 2.26. The van der Waals surface area contributed by atoms with Gasteiger partial charge in [0.15, 0.2) is 0 Å². The van der Waals surface area contributed by atoms with Gasteiger partial charge in [-0.1, -0.05) is 30.7 Å². The van der Waals surface area contributed by atoms with Crippen LogP contribution in [-0.2, 0) is 6.54 Å². The minimum atomic E-state index is -0.509. The highest BCUT2D eigenvalue weighted by atomic mass is 35.5. The maximum Gasteiger partial charge on any atom is 0.255 e. The number of ether oxygens (including phenoxy) is 1. The highest BCUT2D eigenvalue weighted by Crippen LogP contribution is 2.28. The predicted octanol–water partition coefficient (Wildman–Crippen LogP) is 2.97. The van der Waals surface area contributed by atoms with Crippen molar-refractivity contribution in [2.24, 2.45) is 5.73 Å². The molecule has 2 rings (SSSR count). The average molecular weight is 307 g/mol. The fourth-order valence-corrected chi connectivity index (χ4v) is 2.53. The third-order valence-electron chi connectivity index (χ3n) is 3.38. The Balaban J connectivity index is 2.40. The van der Waals surface area contributed by atoms with E-state index in [4.69, 9.17) is 22.1 Å². The quantitative estimate of drug-likeness (QED) is 0.924. The number of methoxy groups -OCH3 is 1. The number of rotatable bonds is 5. The number of hydrogen-bond acceptors (Lipinski definition) is 3. The molecular weight excluding hydrogens is 288 g/mol. The molecule has 4 nitrogen and oxygen atoms in total. The van der Waals surface area contributed by atoms with Crippen LogP contribution in [-0.4, -0.2) is 11.7 Å². The number of nitrogens with two attached hydrogens (primary N) is 1. The van der Waals surface area contributed by atoms with E-state index in [1.807, 2.05) is 19.1 Å². The summed E-state index contributed by atoms with van der Waals surface area (Å²) in [6.45, 7) is 2.71. The summed E-state index contributed by atoms with van der Waals surface area (Å²) in [7, 11) is 1.56. The summed E-state index contributed by atoms with van der Waals surface area (Å²) in [4.78, 5) is 12.4. The molecule has 1 aromatic heterocycles. The number of aryl methyl sites for hydroxylation is 1. The summed E-state index contributed by atoms with van der Waals surface area (Å²) in [6, 6.07) is 8.41. The average Bonchev–Trinajstić information content (AvgIpc) is 2.49. The van der Waals surface area contributed by atoms with Crippen LogP contribution in [0.25, 0.3) is 0 Å². The summed E-state index contributed by atoms with van der Waals surface area (Å²) >= 11 is 6.12. The van der Waals surface area contributed by atoms with Gasteiger partial charge in [-0.25, -0.2) is 0 Å². The summed E-state index contributed by atoms with van der Waals surface area (Å²) in [6.07, 6.45) is 2.68. The first-order chi connectivity index (χ1) is 10.1. The van der Waals surface area contributed by atoms with Crippen molar-refractivity contribution in [1.82, 2.24) is 4.57 Å². The fraction of sp³-hybridized carbons (Fsp3) is 0.312. The Bertz CT molecular complexity index is 682. The molecule has 0 radical (unpaired) electrons. The van der Waals surface area contributed by atoms with E-state index in [1.165, 1.54) is 0 Å². The first kappa shape index (κ1) is 15.6. The van der Waals surface area contributed by atoms with Crippen molar-refractivity contribution in [2.75, 3.05) is 7.11 Å². The number of hydrogen-bond donors (Lipinski definition) is 1. The van der Waals surface area contributed by atoms with Crippen LogP contribution >= 0.6 is 11.6 Å². The smallest absolute Gasteiger partial charge is 0.255 e. The van der Waals surface area contributed by atoms with Crippen LogP contribution in [0.15, 0.2) is 41.3 Å². The summed E-state index contributed by atoms with van der Waals surface area (Å²) < 4.78 is 6.80. The van der Waals surface area contributed by atoms with Gasteiger partial charge >= 0.3 is 0 Å². The lowest BCUT2D eigenvalue weighted by molar-refractivity contribution is 0.415. The van der Waals surface area contributed by atoms with E-state index in [1.54, 1.807) is 36.1 Å². The number of aromatic nitrogens is 1. The molecule has 1 aromatic carbocycles. The number of benzene rings is 1. The van der Waals surface area contributed by atoms with Crippen molar-refractivity contribution < 1.29 is 4.74 Å². The minimum absolute atomic E-state index is 0.0567. The Hall–Kier alpha value is -1.78. The van der Waals surface area contributed by atoms with Gasteiger partial charge in [0, 0.05) is 18.3 Å². The van der Waals surface area contributed by atoms with Crippen LogP contribution in [0.5, 0.6) is 5.75 Å². The number of pyridine rings is 1. The summed E-state index contributed by atoms with van der Waals surface area (Å²) in [5.41, 5.74) is 7.52. The molecule has 1 atom stereocenters. The maximum absolute atomic E-state index is 12.4.